The number of hydrogen-bond donors (Lipinski definition) is 1. The van der Waals surface area contributed by atoms with E-state index in [1.807, 2.05) is 11.0 Å². The number of H-pyrrole nitrogens is 1. The summed E-state index contributed by atoms with van der Waals surface area (Å²) in [7, 11) is 0. The van der Waals surface area contributed by atoms with Crippen LogP contribution in [0, 0.1) is 6.92 Å². The molecule has 2 fully saturated rings. The van der Waals surface area contributed by atoms with Crippen LogP contribution in [0.3, 0.4) is 0 Å². The molecule has 1 amide bonds. The quantitative estimate of drug-likeness (QED) is 0.721. The number of carbonyl (C=O) groups is 1. The van der Waals surface area contributed by atoms with E-state index in [1.54, 1.807) is 6.20 Å². The first-order chi connectivity index (χ1) is 14.7. The Bertz CT molecular complexity index is 1030. The van der Waals surface area contributed by atoms with Gasteiger partial charge in [0.15, 0.2) is 0 Å². The molecule has 2 aliphatic heterocycles. The highest BCUT2D eigenvalue weighted by molar-refractivity contribution is 5.95. The molecule has 0 aromatic carbocycles. The molecule has 0 aliphatic carbocycles. The molecule has 1 N–H and O–H groups in total. The molecule has 2 aliphatic rings. The fourth-order valence-electron chi connectivity index (χ4n) is 5.05. The van der Waals surface area contributed by atoms with Crippen molar-refractivity contribution in [2.75, 3.05) is 26.2 Å². The molecular weight excluding hydrogens is 376 g/mol. The van der Waals surface area contributed by atoms with Gasteiger partial charge in [0, 0.05) is 38.3 Å². The second-order valence-corrected chi connectivity index (χ2v) is 8.70. The standard InChI is InChI=1S/C23H30N6O/c1-17-20(29-13-6-3-9-21(29)25-17)16-27-10-7-8-18(15-27)22-19(14-24-26-22)23(30)28-11-4-2-5-12-28/h3,6,9,13-14,18H,2,4-5,7-8,10-12,15-16H2,1H3,(H,24,26)/t18-/m1/s1. The normalized spacial score (nSPS) is 20.7. The lowest BCUT2D eigenvalue weighted by atomic mass is 9.92. The van der Waals surface area contributed by atoms with Crippen molar-refractivity contribution in [2.24, 2.45) is 0 Å². The Labute approximate surface area is 177 Å². The van der Waals surface area contributed by atoms with Gasteiger partial charge in [0.05, 0.1) is 28.8 Å². The Balaban J connectivity index is 1.33. The Hall–Kier alpha value is -2.67. The van der Waals surface area contributed by atoms with Crippen molar-refractivity contribution in [2.45, 2.75) is 51.5 Å². The molecule has 0 radical (unpaired) electrons. The summed E-state index contributed by atoms with van der Waals surface area (Å²) in [5, 5.41) is 7.44. The van der Waals surface area contributed by atoms with Crippen molar-refractivity contribution in [3.05, 3.63) is 53.2 Å². The minimum atomic E-state index is 0.146. The fraction of sp³-hybridized carbons (Fsp3) is 0.522. The van der Waals surface area contributed by atoms with Gasteiger partial charge in [-0.25, -0.2) is 4.98 Å². The van der Waals surface area contributed by atoms with Gasteiger partial charge in [0.1, 0.15) is 5.65 Å². The lowest BCUT2D eigenvalue weighted by Crippen LogP contribution is -2.37. The summed E-state index contributed by atoms with van der Waals surface area (Å²) < 4.78 is 2.19. The van der Waals surface area contributed by atoms with Gasteiger partial charge in [-0.2, -0.15) is 5.10 Å². The van der Waals surface area contributed by atoms with Crippen molar-refractivity contribution < 1.29 is 4.79 Å². The number of rotatable bonds is 4. The molecule has 1 atom stereocenters. The van der Waals surface area contributed by atoms with Gasteiger partial charge in [-0.1, -0.05) is 6.07 Å². The lowest BCUT2D eigenvalue weighted by molar-refractivity contribution is 0.0721. The average Bonchev–Trinajstić information content (AvgIpc) is 3.39. The number of piperidine rings is 2. The Kier molecular flexibility index (Phi) is 5.29. The summed E-state index contributed by atoms with van der Waals surface area (Å²) in [4.78, 5) is 22.3. The third kappa shape index (κ3) is 3.62. The van der Waals surface area contributed by atoms with Crippen LogP contribution in [0.4, 0.5) is 0 Å². The highest BCUT2D eigenvalue weighted by Crippen LogP contribution is 2.30. The van der Waals surface area contributed by atoms with E-state index in [2.05, 4.69) is 44.8 Å². The number of nitrogens with zero attached hydrogens (tertiary/aromatic N) is 5. The maximum absolute atomic E-state index is 13.1. The molecule has 158 valence electrons. The van der Waals surface area contributed by atoms with Crippen LogP contribution in [0.25, 0.3) is 5.65 Å². The van der Waals surface area contributed by atoms with Crippen molar-refractivity contribution in [3.8, 4) is 0 Å². The van der Waals surface area contributed by atoms with E-state index in [-0.39, 0.29) is 5.91 Å². The van der Waals surface area contributed by atoms with Crippen molar-refractivity contribution in [1.82, 2.24) is 29.4 Å². The van der Waals surface area contributed by atoms with Gasteiger partial charge in [-0.15, -0.1) is 0 Å². The molecule has 7 heteroatoms. The smallest absolute Gasteiger partial charge is 0.257 e. The Morgan fingerprint density at radius 1 is 1.17 bits per heavy atom. The van der Waals surface area contributed by atoms with Gasteiger partial charge >= 0.3 is 0 Å². The SMILES string of the molecule is Cc1nc2ccccn2c1CN1CCC[C@@H](c2[nH]ncc2C(=O)N2CCCCC2)C1. The first-order valence-corrected chi connectivity index (χ1v) is 11.2. The minimum absolute atomic E-state index is 0.146. The number of amides is 1. The number of imidazole rings is 1. The molecule has 3 aromatic rings. The fourth-order valence-corrected chi connectivity index (χ4v) is 5.05. The van der Waals surface area contributed by atoms with Gasteiger partial charge in [-0.3, -0.25) is 14.8 Å². The number of aromatic nitrogens is 4. The third-order valence-corrected chi connectivity index (χ3v) is 6.66. The predicted octanol–water partition coefficient (Wildman–Crippen LogP) is 3.37. The van der Waals surface area contributed by atoms with Crippen LogP contribution in [-0.4, -0.2) is 61.5 Å². The predicted molar refractivity (Wildman–Crippen MR) is 116 cm³/mol. The second kappa shape index (κ2) is 8.22. The number of aryl methyl sites for hydroxylation is 1. The summed E-state index contributed by atoms with van der Waals surface area (Å²) in [5.74, 6) is 0.456. The largest absolute Gasteiger partial charge is 0.339 e. The molecule has 2 saturated heterocycles. The van der Waals surface area contributed by atoms with Crippen molar-refractivity contribution >= 4 is 11.6 Å². The van der Waals surface area contributed by atoms with Crippen LogP contribution >= 0.6 is 0 Å². The van der Waals surface area contributed by atoms with Crippen LogP contribution in [-0.2, 0) is 6.54 Å². The Morgan fingerprint density at radius 2 is 2.03 bits per heavy atom. The molecule has 30 heavy (non-hydrogen) atoms. The number of aromatic amines is 1. The summed E-state index contributed by atoms with van der Waals surface area (Å²) in [6.07, 6.45) is 9.48. The van der Waals surface area contributed by atoms with Crippen LogP contribution in [0.1, 0.15) is 65.5 Å². The monoisotopic (exact) mass is 406 g/mol. The van der Waals surface area contributed by atoms with E-state index >= 15 is 0 Å². The molecule has 0 bridgehead atoms. The van der Waals surface area contributed by atoms with E-state index < -0.39 is 0 Å². The van der Waals surface area contributed by atoms with Crippen LogP contribution in [0.2, 0.25) is 0 Å². The van der Waals surface area contributed by atoms with Gasteiger partial charge < -0.3 is 9.30 Å². The minimum Gasteiger partial charge on any atom is -0.339 e. The van der Waals surface area contributed by atoms with E-state index in [4.69, 9.17) is 4.98 Å². The van der Waals surface area contributed by atoms with Crippen LogP contribution in [0.5, 0.6) is 0 Å². The lowest BCUT2D eigenvalue weighted by Gasteiger charge is -2.33. The molecule has 5 rings (SSSR count). The highest BCUT2D eigenvalue weighted by Gasteiger charge is 2.29. The summed E-state index contributed by atoms with van der Waals surface area (Å²) in [5.41, 5.74) is 5.13. The molecule has 7 nitrogen and oxygen atoms in total. The van der Waals surface area contributed by atoms with Crippen LogP contribution < -0.4 is 0 Å². The molecule has 0 spiro atoms. The molecule has 3 aromatic heterocycles. The zero-order valence-electron chi connectivity index (χ0n) is 17.7. The average molecular weight is 407 g/mol. The number of fused-ring (bicyclic) bond motifs is 1. The number of carbonyl (C=O) groups excluding carboxylic acids is 1. The first kappa shape index (κ1) is 19.3. The zero-order valence-corrected chi connectivity index (χ0v) is 17.7. The molecular formula is C23H30N6O. The highest BCUT2D eigenvalue weighted by atomic mass is 16.2. The number of likely N-dealkylation sites (tertiary alicyclic amines) is 2. The van der Waals surface area contributed by atoms with E-state index in [0.717, 1.165) is 81.0 Å². The third-order valence-electron chi connectivity index (χ3n) is 6.66. The molecule has 5 heterocycles. The van der Waals surface area contributed by atoms with Gasteiger partial charge in [-0.05, 0) is 57.7 Å². The zero-order chi connectivity index (χ0) is 20.5. The summed E-state index contributed by atoms with van der Waals surface area (Å²) in [6, 6.07) is 6.14. The van der Waals surface area contributed by atoms with E-state index in [0.29, 0.717) is 5.92 Å². The van der Waals surface area contributed by atoms with Gasteiger partial charge in [0.25, 0.3) is 5.91 Å². The van der Waals surface area contributed by atoms with E-state index in [9.17, 15) is 4.79 Å². The Morgan fingerprint density at radius 3 is 2.90 bits per heavy atom. The van der Waals surface area contributed by atoms with Crippen molar-refractivity contribution in [1.29, 1.82) is 0 Å². The van der Waals surface area contributed by atoms with E-state index in [1.165, 1.54) is 12.1 Å². The van der Waals surface area contributed by atoms with Crippen LogP contribution in [0.15, 0.2) is 30.6 Å². The number of hydrogen-bond acceptors (Lipinski definition) is 4. The summed E-state index contributed by atoms with van der Waals surface area (Å²) in [6.45, 7) is 6.70. The maximum Gasteiger partial charge on any atom is 0.257 e. The maximum atomic E-state index is 13.1. The molecule has 0 saturated carbocycles. The second-order valence-electron chi connectivity index (χ2n) is 8.70. The first-order valence-electron chi connectivity index (χ1n) is 11.2. The summed E-state index contributed by atoms with van der Waals surface area (Å²) >= 11 is 0. The van der Waals surface area contributed by atoms with Crippen molar-refractivity contribution in [3.63, 3.8) is 0 Å². The van der Waals surface area contributed by atoms with Gasteiger partial charge in [0.2, 0.25) is 0 Å². The number of pyridine rings is 1. The molecule has 0 unspecified atom stereocenters. The topological polar surface area (TPSA) is 69.5 Å². The number of nitrogens with one attached hydrogen (secondary N) is 1.